The molecule has 0 saturated carbocycles. The van der Waals surface area contributed by atoms with E-state index in [0.717, 1.165) is 11.8 Å². The SMILES string of the molecule is O=C(c1ccc(C(=O)C(F)(F)F)s1)N1CCN(c2ccc(Cl)c(Cl)c2)CC1. The van der Waals surface area contributed by atoms with Crippen LogP contribution in [0.1, 0.15) is 19.3 Å². The number of thiophene rings is 1. The Labute approximate surface area is 167 Å². The molecule has 0 spiro atoms. The van der Waals surface area contributed by atoms with Crippen LogP contribution >= 0.6 is 34.5 Å². The largest absolute Gasteiger partial charge is 0.455 e. The highest BCUT2D eigenvalue weighted by atomic mass is 35.5. The van der Waals surface area contributed by atoms with Crippen molar-refractivity contribution < 1.29 is 22.8 Å². The Kier molecular flexibility index (Phi) is 5.69. The van der Waals surface area contributed by atoms with Gasteiger partial charge in [-0.1, -0.05) is 23.2 Å². The molecule has 2 aromatic rings. The highest BCUT2D eigenvalue weighted by molar-refractivity contribution is 7.16. The highest BCUT2D eigenvalue weighted by Crippen LogP contribution is 2.29. The molecule has 0 atom stereocenters. The number of piperazine rings is 1. The second-order valence-corrected chi connectivity index (χ2v) is 7.77. The van der Waals surface area contributed by atoms with Crippen molar-refractivity contribution >= 4 is 51.9 Å². The van der Waals surface area contributed by atoms with Crippen LogP contribution in [0.3, 0.4) is 0 Å². The van der Waals surface area contributed by atoms with E-state index in [1.54, 1.807) is 17.0 Å². The van der Waals surface area contributed by atoms with E-state index in [9.17, 15) is 22.8 Å². The zero-order valence-electron chi connectivity index (χ0n) is 13.7. The lowest BCUT2D eigenvalue weighted by atomic mass is 10.2. The van der Waals surface area contributed by atoms with Gasteiger partial charge in [0.1, 0.15) is 0 Å². The molecule has 1 saturated heterocycles. The number of hydrogen-bond donors (Lipinski definition) is 0. The monoisotopic (exact) mass is 436 g/mol. The molecule has 144 valence electrons. The highest BCUT2D eigenvalue weighted by Gasteiger charge is 2.40. The molecule has 0 aliphatic carbocycles. The lowest BCUT2D eigenvalue weighted by Crippen LogP contribution is -2.48. The van der Waals surface area contributed by atoms with Crippen molar-refractivity contribution in [3.05, 3.63) is 50.1 Å². The number of carbonyl (C=O) groups is 2. The van der Waals surface area contributed by atoms with Crippen LogP contribution in [-0.4, -0.2) is 48.9 Å². The number of hydrogen-bond acceptors (Lipinski definition) is 4. The molecule has 1 aromatic heterocycles. The zero-order valence-corrected chi connectivity index (χ0v) is 16.1. The molecule has 0 bridgehead atoms. The van der Waals surface area contributed by atoms with E-state index in [1.165, 1.54) is 6.07 Å². The third kappa shape index (κ3) is 4.39. The Morgan fingerprint density at radius 1 is 0.926 bits per heavy atom. The molecule has 2 heterocycles. The summed E-state index contributed by atoms with van der Waals surface area (Å²) in [5.41, 5.74) is 0.880. The van der Waals surface area contributed by atoms with Crippen molar-refractivity contribution in [2.24, 2.45) is 0 Å². The van der Waals surface area contributed by atoms with Crippen molar-refractivity contribution in [2.75, 3.05) is 31.1 Å². The number of amides is 1. The molecule has 1 amide bonds. The van der Waals surface area contributed by atoms with Crippen LogP contribution in [0.4, 0.5) is 18.9 Å². The van der Waals surface area contributed by atoms with Gasteiger partial charge in [-0.05, 0) is 30.3 Å². The lowest BCUT2D eigenvalue weighted by molar-refractivity contribution is -0.0882. The van der Waals surface area contributed by atoms with Crippen molar-refractivity contribution in [2.45, 2.75) is 6.18 Å². The number of rotatable bonds is 3. The first-order chi connectivity index (χ1) is 12.7. The second kappa shape index (κ2) is 7.69. The molecule has 1 aliphatic heterocycles. The molecule has 27 heavy (non-hydrogen) atoms. The molecule has 0 unspecified atom stereocenters. The number of benzene rings is 1. The molecule has 1 aliphatic rings. The minimum atomic E-state index is -4.95. The standard InChI is InChI=1S/C17H13Cl2F3N2O2S/c18-11-2-1-10(9-12(11)19)23-5-7-24(8-6-23)16(26)14-4-3-13(27-14)15(25)17(20,21)22/h1-4,9H,5-8H2. The Bertz CT molecular complexity index is 877. The smallest absolute Gasteiger partial charge is 0.368 e. The molecule has 4 nitrogen and oxygen atoms in total. The number of halogens is 5. The average molecular weight is 437 g/mol. The molecular weight excluding hydrogens is 424 g/mol. The van der Waals surface area contributed by atoms with Gasteiger partial charge in [-0.25, -0.2) is 0 Å². The Morgan fingerprint density at radius 2 is 1.56 bits per heavy atom. The molecule has 1 aromatic carbocycles. The number of alkyl halides is 3. The summed E-state index contributed by atoms with van der Waals surface area (Å²) in [7, 11) is 0. The summed E-state index contributed by atoms with van der Waals surface area (Å²) in [4.78, 5) is 27.0. The summed E-state index contributed by atoms with van der Waals surface area (Å²) in [6.07, 6.45) is -4.95. The summed E-state index contributed by atoms with van der Waals surface area (Å²) in [6.45, 7) is 1.89. The quantitative estimate of drug-likeness (QED) is 0.651. The topological polar surface area (TPSA) is 40.6 Å². The van der Waals surface area contributed by atoms with Crippen LogP contribution in [0.25, 0.3) is 0 Å². The first-order valence-electron chi connectivity index (χ1n) is 7.87. The van der Waals surface area contributed by atoms with E-state index in [-0.39, 0.29) is 10.8 Å². The fourth-order valence-electron chi connectivity index (χ4n) is 2.72. The van der Waals surface area contributed by atoms with Crippen LogP contribution in [0.15, 0.2) is 30.3 Å². The first kappa shape index (κ1) is 20.0. The predicted octanol–water partition coefficient (Wildman–Crippen LogP) is 4.76. The van der Waals surface area contributed by atoms with Gasteiger partial charge in [-0.3, -0.25) is 9.59 Å². The van der Waals surface area contributed by atoms with E-state index < -0.39 is 16.8 Å². The maximum atomic E-state index is 12.5. The van der Waals surface area contributed by atoms with E-state index in [0.29, 0.717) is 47.6 Å². The summed E-state index contributed by atoms with van der Waals surface area (Å²) < 4.78 is 37.5. The van der Waals surface area contributed by atoms with E-state index in [2.05, 4.69) is 0 Å². The Balaban J connectivity index is 1.64. The van der Waals surface area contributed by atoms with Crippen LogP contribution in [0.5, 0.6) is 0 Å². The molecule has 0 N–H and O–H groups in total. The van der Waals surface area contributed by atoms with Gasteiger partial charge in [-0.15, -0.1) is 11.3 Å². The van der Waals surface area contributed by atoms with Gasteiger partial charge >= 0.3 is 6.18 Å². The number of ketones is 1. The van der Waals surface area contributed by atoms with Gasteiger partial charge in [0.25, 0.3) is 11.7 Å². The minimum Gasteiger partial charge on any atom is -0.368 e. The van der Waals surface area contributed by atoms with Crippen molar-refractivity contribution in [3.8, 4) is 0 Å². The maximum Gasteiger partial charge on any atom is 0.455 e. The van der Waals surface area contributed by atoms with Gasteiger partial charge < -0.3 is 9.80 Å². The number of carbonyl (C=O) groups excluding carboxylic acids is 2. The summed E-state index contributed by atoms with van der Waals surface area (Å²) in [6, 6.07) is 7.58. The van der Waals surface area contributed by atoms with E-state index in [1.807, 2.05) is 11.0 Å². The predicted molar refractivity (Wildman–Crippen MR) is 99.3 cm³/mol. The van der Waals surface area contributed by atoms with Crippen LogP contribution in [-0.2, 0) is 0 Å². The Morgan fingerprint density at radius 3 is 2.15 bits per heavy atom. The summed E-state index contributed by atoms with van der Waals surface area (Å²) in [5.74, 6) is -2.31. The van der Waals surface area contributed by atoms with Gasteiger partial charge in [-0.2, -0.15) is 13.2 Å². The van der Waals surface area contributed by atoms with Crippen molar-refractivity contribution in [1.29, 1.82) is 0 Å². The van der Waals surface area contributed by atoms with Gasteiger partial charge in [0, 0.05) is 31.9 Å². The number of Topliss-reactive ketones (excluding diaryl/α,β-unsaturated/α-hetero) is 1. The minimum absolute atomic E-state index is 0.116. The molecular formula is C17H13Cl2F3N2O2S. The normalized spacial score (nSPS) is 15.1. The van der Waals surface area contributed by atoms with Gasteiger partial charge in [0.2, 0.25) is 0 Å². The van der Waals surface area contributed by atoms with E-state index in [4.69, 9.17) is 23.2 Å². The fraction of sp³-hybridized carbons (Fsp3) is 0.294. The third-order valence-corrected chi connectivity index (χ3v) is 5.94. The summed E-state index contributed by atoms with van der Waals surface area (Å²) >= 11 is 12.5. The second-order valence-electron chi connectivity index (χ2n) is 5.87. The Hall–Kier alpha value is -1.77. The number of nitrogens with zero attached hydrogens (tertiary/aromatic N) is 2. The first-order valence-corrected chi connectivity index (χ1v) is 9.44. The zero-order chi connectivity index (χ0) is 19.8. The molecule has 1 fully saturated rings. The lowest BCUT2D eigenvalue weighted by Gasteiger charge is -2.36. The van der Waals surface area contributed by atoms with Crippen LogP contribution in [0, 0.1) is 0 Å². The van der Waals surface area contributed by atoms with Crippen molar-refractivity contribution in [3.63, 3.8) is 0 Å². The van der Waals surface area contributed by atoms with Crippen LogP contribution in [0.2, 0.25) is 10.0 Å². The molecule has 3 rings (SSSR count). The van der Waals surface area contributed by atoms with Gasteiger partial charge in [0.05, 0.1) is 19.8 Å². The third-order valence-electron chi connectivity index (χ3n) is 4.13. The molecule has 10 heteroatoms. The van der Waals surface area contributed by atoms with Gasteiger partial charge in [0.15, 0.2) is 0 Å². The maximum absolute atomic E-state index is 12.5. The molecule has 0 radical (unpaired) electrons. The fourth-order valence-corrected chi connectivity index (χ4v) is 3.95. The number of anilines is 1. The van der Waals surface area contributed by atoms with E-state index >= 15 is 0 Å². The average Bonchev–Trinajstić information content (AvgIpc) is 3.12. The summed E-state index contributed by atoms with van der Waals surface area (Å²) in [5, 5.41) is 0.893. The van der Waals surface area contributed by atoms with Crippen LogP contribution < -0.4 is 4.90 Å². The van der Waals surface area contributed by atoms with Crippen molar-refractivity contribution in [1.82, 2.24) is 4.90 Å².